The second-order valence-corrected chi connectivity index (χ2v) is 7.64. The van der Waals surface area contributed by atoms with Crippen molar-refractivity contribution >= 4 is 22.4 Å². The maximum atomic E-state index is 7.49. The number of H-pyrrole nitrogens is 1. The van der Waals surface area contributed by atoms with Crippen molar-refractivity contribution in [1.82, 2.24) is 25.5 Å². The minimum Gasteiger partial charge on any atom is -0.497 e. The van der Waals surface area contributed by atoms with Crippen molar-refractivity contribution in [3.05, 3.63) is 55.0 Å². The molecule has 0 saturated heterocycles. The molecule has 0 radical (unpaired) electrons. The molecule has 0 bridgehead atoms. The van der Waals surface area contributed by atoms with Crippen molar-refractivity contribution < 1.29 is 13.6 Å². The Balaban J connectivity index is 1.76. The molecule has 0 aliphatic carbocycles. The van der Waals surface area contributed by atoms with E-state index in [1.165, 1.54) is 7.11 Å². The van der Waals surface area contributed by atoms with E-state index >= 15 is 0 Å². The molecule has 2 aromatic carbocycles. The average molecular weight is 436 g/mol. The van der Waals surface area contributed by atoms with E-state index in [2.05, 4.69) is 39.2 Å². The van der Waals surface area contributed by atoms with Crippen LogP contribution in [0.25, 0.3) is 22.3 Å². The number of aromatic amines is 1. The van der Waals surface area contributed by atoms with E-state index in [0.717, 1.165) is 28.0 Å². The molecule has 32 heavy (non-hydrogen) atoms. The zero-order valence-corrected chi connectivity index (χ0v) is 18.3. The van der Waals surface area contributed by atoms with Crippen LogP contribution in [-0.4, -0.2) is 53.4 Å². The molecule has 8 heteroatoms. The molecule has 0 saturated carbocycles. The van der Waals surface area contributed by atoms with Gasteiger partial charge in [-0.15, -0.1) is 0 Å². The van der Waals surface area contributed by atoms with Crippen molar-refractivity contribution in [2.45, 2.75) is 19.9 Å². The van der Waals surface area contributed by atoms with Gasteiger partial charge in [0.2, 0.25) is 0 Å². The molecule has 166 valence electrons. The van der Waals surface area contributed by atoms with E-state index in [1.54, 1.807) is 30.7 Å². The molecule has 0 atom stereocenters. The van der Waals surface area contributed by atoms with E-state index in [4.69, 9.17) is 18.6 Å². The number of nitrogens with one attached hydrogen (secondary N) is 2. The van der Waals surface area contributed by atoms with Crippen LogP contribution in [0.2, 0.25) is 0 Å². The van der Waals surface area contributed by atoms with Crippen LogP contribution in [0.3, 0.4) is 0 Å². The lowest BCUT2D eigenvalue weighted by molar-refractivity contribution is 0.394. The number of aromatic nitrogens is 4. The maximum Gasteiger partial charge on any atom is 0.124 e. The van der Waals surface area contributed by atoms with Crippen LogP contribution in [0.1, 0.15) is 18.0 Å². The molecule has 4 rings (SSSR count). The Morgan fingerprint density at radius 3 is 2.62 bits per heavy atom. The molecule has 0 aliphatic rings. The van der Waals surface area contributed by atoms with Crippen molar-refractivity contribution in [3.8, 4) is 22.8 Å². The highest BCUT2D eigenvalue weighted by Gasteiger charge is 2.14. The number of ether oxygens (including phenoxy) is 2. The van der Waals surface area contributed by atoms with Gasteiger partial charge in [0.25, 0.3) is 0 Å². The third-order valence-electron chi connectivity index (χ3n) is 5.05. The van der Waals surface area contributed by atoms with Crippen LogP contribution in [0.15, 0.2) is 55.0 Å². The smallest absolute Gasteiger partial charge is 0.124 e. The Morgan fingerprint density at radius 1 is 1.06 bits per heavy atom. The van der Waals surface area contributed by atoms with Crippen molar-refractivity contribution in [2.24, 2.45) is 0 Å². The third kappa shape index (κ3) is 4.81. The molecule has 0 unspecified atom stereocenters. The Morgan fingerprint density at radius 2 is 1.91 bits per heavy atom. The van der Waals surface area contributed by atoms with Gasteiger partial charge in [-0.3, -0.25) is 10.1 Å². The SMILES string of the molecule is [2H]C([2H])([2H])Oc1cc(OC)cc(N(CCNC(C)C)c2ccc3ncc(-c4cn[nH]c4)nc3c2)c1. The van der Waals surface area contributed by atoms with Gasteiger partial charge in [0.1, 0.15) is 11.5 Å². The summed E-state index contributed by atoms with van der Waals surface area (Å²) in [5.74, 6) is 0.690. The normalized spacial score (nSPS) is 12.9. The van der Waals surface area contributed by atoms with Crippen molar-refractivity contribution in [3.63, 3.8) is 0 Å². The van der Waals surface area contributed by atoms with E-state index < -0.39 is 7.04 Å². The van der Waals surface area contributed by atoms with Crippen LogP contribution in [0, 0.1) is 0 Å². The third-order valence-corrected chi connectivity index (χ3v) is 5.05. The maximum absolute atomic E-state index is 7.49. The molecule has 2 N–H and O–H groups in total. The number of fused-ring (bicyclic) bond motifs is 1. The fourth-order valence-corrected chi connectivity index (χ4v) is 3.46. The number of nitrogens with zero attached hydrogens (tertiary/aromatic N) is 4. The fourth-order valence-electron chi connectivity index (χ4n) is 3.46. The summed E-state index contributed by atoms with van der Waals surface area (Å²) in [6, 6.07) is 11.3. The Bertz CT molecular complexity index is 1280. The molecular weight excluding hydrogens is 404 g/mol. The summed E-state index contributed by atoms with van der Waals surface area (Å²) in [5, 5.41) is 10.2. The van der Waals surface area contributed by atoms with Gasteiger partial charge in [-0.1, -0.05) is 13.8 Å². The predicted octanol–water partition coefficient (Wildman–Crippen LogP) is 4.17. The number of benzene rings is 2. The molecular formula is C24H28N6O2. The molecule has 0 spiro atoms. The lowest BCUT2D eigenvalue weighted by Gasteiger charge is -2.27. The van der Waals surface area contributed by atoms with E-state index in [9.17, 15) is 0 Å². The molecule has 0 amide bonds. The van der Waals surface area contributed by atoms with Gasteiger partial charge in [0, 0.05) is 60.5 Å². The van der Waals surface area contributed by atoms with Crippen molar-refractivity contribution in [1.29, 1.82) is 0 Å². The molecule has 2 heterocycles. The van der Waals surface area contributed by atoms with Gasteiger partial charge in [-0.25, -0.2) is 4.98 Å². The minimum absolute atomic E-state index is 0.198. The molecule has 8 nitrogen and oxygen atoms in total. The first-order chi connectivity index (χ1) is 16.7. The summed E-state index contributed by atoms with van der Waals surface area (Å²) >= 11 is 0. The quantitative estimate of drug-likeness (QED) is 0.408. The van der Waals surface area contributed by atoms with E-state index in [1.807, 2.05) is 24.3 Å². The number of rotatable bonds is 9. The standard InChI is InChI=1S/C24H28N6O2/c1-16(2)25-7-8-30(19-9-20(31-3)12-21(10-19)32-4)18-5-6-22-23(11-18)29-24(15-26-22)17-13-27-28-14-17/h5-6,9-16,25H,7-8H2,1-4H3,(H,27,28)/i3D3. The van der Waals surface area contributed by atoms with Crippen LogP contribution < -0.4 is 19.7 Å². The summed E-state index contributed by atoms with van der Waals surface area (Å²) < 4.78 is 33.1. The van der Waals surface area contributed by atoms with Crippen molar-refractivity contribution in [2.75, 3.05) is 32.1 Å². The van der Waals surface area contributed by atoms with Crippen LogP contribution >= 0.6 is 0 Å². The second kappa shape index (κ2) is 9.65. The predicted molar refractivity (Wildman–Crippen MR) is 127 cm³/mol. The van der Waals surface area contributed by atoms with Gasteiger partial charge < -0.3 is 19.7 Å². The molecule has 0 aliphatic heterocycles. The van der Waals surface area contributed by atoms with Gasteiger partial charge in [0.15, 0.2) is 0 Å². The highest BCUT2D eigenvalue weighted by Crippen LogP contribution is 2.34. The summed E-state index contributed by atoms with van der Waals surface area (Å²) in [6.45, 7) is 5.48. The minimum atomic E-state index is -2.57. The zero-order chi connectivity index (χ0) is 25.0. The number of methoxy groups -OCH3 is 2. The lowest BCUT2D eigenvalue weighted by atomic mass is 10.2. The first-order valence-corrected chi connectivity index (χ1v) is 10.4. The zero-order valence-electron chi connectivity index (χ0n) is 21.3. The summed E-state index contributed by atoms with van der Waals surface area (Å²) in [5.41, 5.74) is 4.65. The summed E-state index contributed by atoms with van der Waals surface area (Å²) in [7, 11) is -1.04. The summed E-state index contributed by atoms with van der Waals surface area (Å²) in [4.78, 5) is 11.4. The van der Waals surface area contributed by atoms with Crippen LogP contribution in [0.5, 0.6) is 11.5 Å². The molecule has 4 aromatic rings. The molecule has 0 fully saturated rings. The highest BCUT2D eigenvalue weighted by atomic mass is 16.5. The monoisotopic (exact) mass is 435 g/mol. The Labute approximate surface area is 191 Å². The van der Waals surface area contributed by atoms with E-state index in [-0.39, 0.29) is 5.75 Å². The number of hydrogen-bond donors (Lipinski definition) is 2. The Kier molecular flexibility index (Phi) is 5.42. The lowest BCUT2D eigenvalue weighted by Crippen LogP contribution is -2.32. The molecule has 2 aromatic heterocycles. The van der Waals surface area contributed by atoms with Gasteiger partial charge in [0.05, 0.1) is 47.4 Å². The van der Waals surface area contributed by atoms with Gasteiger partial charge in [-0.2, -0.15) is 5.10 Å². The van der Waals surface area contributed by atoms with Gasteiger partial charge >= 0.3 is 0 Å². The number of anilines is 2. The Hall–Kier alpha value is -3.65. The average Bonchev–Trinajstić information content (AvgIpc) is 3.34. The second-order valence-electron chi connectivity index (χ2n) is 7.64. The largest absolute Gasteiger partial charge is 0.497 e. The fraction of sp³-hybridized carbons (Fsp3) is 0.292. The van der Waals surface area contributed by atoms with Crippen LogP contribution in [-0.2, 0) is 0 Å². The topological polar surface area (TPSA) is 88.2 Å². The van der Waals surface area contributed by atoms with Gasteiger partial charge in [-0.05, 0) is 18.2 Å². The van der Waals surface area contributed by atoms with E-state index in [0.29, 0.717) is 30.6 Å². The first kappa shape index (κ1) is 18.0. The summed E-state index contributed by atoms with van der Waals surface area (Å²) in [6.07, 6.45) is 5.19. The van der Waals surface area contributed by atoms with Crippen LogP contribution in [0.4, 0.5) is 11.4 Å². The first-order valence-electron chi connectivity index (χ1n) is 11.9. The number of hydrogen-bond acceptors (Lipinski definition) is 7. The highest BCUT2D eigenvalue weighted by molar-refractivity contribution is 5.82.